The van der Waals surface area contributed by atoms with Crippen LogP contribution in [0.25, 0.3) is 98.8 Å². The number of nitrogens with one attached hydrogen (secondary N) is 5. The van der Waals surface area contributed by atoms with E-state index in [1.165, 1.54) is 7.11 Å². The summed E-state index contributed by atoms with van der Waals surface area (Å²) in [6.45, 7) is 41.4. The van der Waals surface area contributed by atoms with E-state index in [0.717, 1.165) is 229 Å². The van der Waals surface area contributed by atoms with Gasteiger partial charge in [-0.05, 0) is 302 Å². The van der Waals surface area contributed by atoms with Crippen molar-refractivity contribution in [2.45, 2.75) is 272 Å². The maximum atomic E-state index is 13.6. The number of amides is 5. The van der Waals surface area contributed by atoms with Gasteiger partial charge in [0.1, 0.15) is 87.8 Å². The van der Waals surface area contributed by atoms with Crippen LogP contribution in [-0.2, 0) is 62.2 Å². The number of hydrogen-bond acceptors (Lipinski definition) is 20. The minimum absolute atomic E-state index is 0.00819. The van der Waals surface area contributed by atoms with Gasteiger partial charge in [-0.3, -0.25) is 19.5 Å². The number of aromatic amines is 4. The van der Waals surface area contributed by atoms with Gasteiger partial charge in [0.15, 0.2) is 0 Å². The molecule has 22 rings (SSSR count). The number of imidazole rings is 4. The molecule has 29 nitrogen and oxygen atoms in total. The molecule has 9 aliphatic rings. The van der Waals surface area contributed by atoms with E-state index in [9.17, 15) is 24.0 Å². The summed E-state index contributed by atoms with van der Waals surface area (Å²) in [6, 6.07) is 42.6. The molecule has 0 bridgehead atoms. The molecule has 732 valence electrons. The molecule has 140 heavy (non-hydrogen) atoms. The Hall–Kier alpha value is -11.9. The first-order chi connectivity index (χ1) is 66.3. The fourth-order valence-electron chi connectivity index (χ4n) is 20.3. The summed E-state index contributed by atoms with van der Waals surface area (Å²) in [5.74, 6) is 5.49. The molecule has 13 aromatic rings. The average Bonchev–Trinajstić information content (AvgIpc) is 1.45. The smallest absolute Gasteiger partial charge is 0.488 e. The molecule has 0 spiro atoms. The van der Waals surface area contributed by atoms with Crippen LogP contribution < -0.4 is 30.5 Å². The molecule has 0 aliphatic carbocycles. The molecule has 0 saturated carbocycles. The lowest BCUT2D eigenvalue weighted by atomic mass is 9.77. The maximum Gasteiger partial charge on any atom is 0.494 e. The molecular weight excluding hydrogens is 1860 g/mol. The van der Waals surface area contributed by atoms with Crippen LogP contribution in [0.1, 0.15) is 247 Å². The van der Waals surface area contributed by atoms with E-state index in [4.69, 9.17) is 78.3 Å². The zero-order chi connectivity index (χ0) is 99.1. The lowest BCUT2D eigenvalue weighted by Gasteiger charge is -2.32. The van der Waals surface area contributed by atoms with Crippen molar-refractivity contribution in [3.8, 4) is 50.6 Å². The highest BCUT2D eigenvalue weighted by Gasteiger charge is 2.54. The summed E-state index contributed by atoms with van der Waals surface area (Å²) in [4.78, 5) is 104. The first-order valence-electron chi connectivity index (χ1n) is 48.7. The van der Waals surface area contributed by atoms with Gasteiger partial charge in [0.05, 0.1) is 93.0 Å². The second kappa shape index (κ2) is 36.9. The van der Waals surface area contributed by atoms with Gasteiger partial charge in [0.25, 0.3) is 0 Å². The standard InChI is InChI=1S/C35H41BN4O6.C33H38BN3O5.C27H26ClN3O3.C12H18BrN3O2/c1-19(2)28(39-33(42)43-7)32(41)40-16-8-9-27(40)31-37-26-15-14-25-23(29(26)38-31)12-13-24-22-11-10-21(17-20(22)18-44-30(24)25)36-45-34(3,4)35(5,6)46-36;1-31(2,3)40-30(38)37-16-8-9-26(37)29-35-25-15-14-24-22(27(25)36-29)12-13-23-21-11-10-20(17-19(21)18-39-28(23)24)34-41-32(4,5)33(6,7)42-34;1-27(2,3)34-26(32)31-12-4-5-22(31)25-29-21-11-10-20-18(23(21)30-25)8-9-19-17-7-6-16(28)13-15(17)14-33-24(19)20;1-12(2,3)18-11(17)16-6-4-5-8(16)10-14-7-9(13)15-10/h10-15,17,19,27-28H,8-9,16,18H2,1-7H3,(H,37,38)(H,39,42);10-15,17,26H,8-9,16,18H2,1-7H3,(H,35,36);6-11,13,22H,4-5,12,14H2,1-3H3,(H,29,30);7-8H,4-6H2,1-3H3,(H,14,15)/t27-,28-;26-;22-;/m000./s1. The van der Waals surface area contributed by atoms with Crippen LogP contribution in [0.5, 0.6) is 17.2 Å². The van der Waals surface area contributed by atoms with Crippen molar-refractivity contribution < 1.29 is 75.7 Å². The normalized spacial score (nSPS) is 19.9. The highest BCUT2D eigenvalue weighted by molar-refractivity contribution is 9.10. The molecule has 13 heterocycles. The van der Waals surface area contributed by atoms with E-state index in [1.54, 1.807) is 20.9 Å². The van der Waals surface area contributed by atoms with Gasteiger partial charge in [-0.1, -0.05) is 86.1 Å². The Balaban J connectivity index is 0.000000124. The van der Waals surface area contributed by atoms with Crippen LogP contribution in [0.2, 0.25) is 5.02 Å². The van der Waals surface area contributed by atoms with Crippen molar-refractivity contribution in [1.82, 2.24) is 64.8 Å². The van der Waals surface area contributed by atoms with Gasteiger partial charge in [0, 0.05) is 80.2 Å². The van der Waals surface area contributed by atoms with Crippen LogP contribution in [0.4, 0.5) is 19.2 Å². The monoisotopic (exact) mass is 1980 g/mol. The van der Waals surface area contributed by atoms with E-state index < -0.39 is 65.6 Å². The van der Waals surface area contributed by atoms with Crippen LogP contribution in [0, 0.1) is 5.92 Å². The number of benzene rings is 9. The van der Waals surface area contributed by atoms with Gasteiger partial charge in [0.2, 0.25) is 5.91 Å². The summed E-state index contributed by atoms with van der Waals surface area (Å²) in [5.41, 5.74) is 14.1. The predicted octanol–water partition coefficient (Wildman–Crippen LogP) is 22.5. The highest BCUT2D eigenvalue weighted by atomic mass is 79.9. The number of fused-ring (bicyclic) bond motifs is 21. The van der Waals surface area contributed by atoms with Gasteiger partial charge in [-0.25, -0.2) is 39.1 Å². The first-order valence-corrected chi connectivity index (χ1v) is 49.9. The fraction of sp³-hybridized carbons (Fsp3) is 0.449. The van der Waals surface area contributed by atoms with Crippen molar-refractivity contribution in [3.63, 3.8) is 0 Å². The van der Waals surface area contributed by atoms with Gasteiger partial charge in [-0.15, -0.1) is 0 Å². The number of aromatic nitrogens is 8. The molecular formula is C107H123B2BrClN13O16. The number of halogens is 2. The molecule has 5 amide bonds. The largest absolute Gasteiger partial charge is 0.494 e. The molecule has 6 saturated heterocycles. The third kappa shape index (κ3) is 18.8. The van der Waals surface area contributed by atoms with Crippen LogP contribution in [-0.4, -0.2) is 183 Å². The van der Waals surface area contributed by atoms with E-state index in [-0.39, 0.29) is 54.3 Å². The van der Waals surface area contributed by atoms with Crippen molar-refractivity contribution >= 4 is 148 Å². The Labute approximate surface area is 828 Å². The third-order valence-electron chi connectivity index (χ3n) is 28.6. The summed E-state index contributed by atoms with van der Waals surface area (Å²) in [7, 11) is 0.461. The Morgan fingerprint density at radius 2 is 0.757 bits per heavy atom. The van der Waals surface area contributed by atoms with Crippen LogP contribution in [0.15, 0.2) is 138 Å². The van der Waals surface area contributed by atoms with Crippen molar-refractivity contribution in [1.29, 1.82) is 0 Å². The Morgan fingerprint density at radius 1 is 0.436 bits per heavy atom. The summed E-state index contributed by atoms with van der Waals surface area (Å²) in [5, 5.41) is 9.50. The quantitative estimate of drug-likeness (QED) is 0.0662. The molecule has 0 radical (unpaired) electrons. The Kier molecular flexibility index (Phi) is 25.5. The van der Waals surface area contributed by atoms with Crippen LogP contribution >= 0.6 is 27.5 Å². The van der Waals surface area contributed by atoms with Gasteiger partial charge < -0.3 is 81.9 Å². The minimum Gasteiger partial charge on any atom is -0.488 e. The zero-order valence-electron chi connectivity index (χ0n) is 83.3. The summed E-state index contributed by atoms with van der Waals surface area (Å²) >= 11 is 9.51. The van der Waals surface area contributed by atoms with Crippen LogP contribution in [0.3, 0.4) is 0 Å². The predicted molar refractivity (Wildman–Crippen MR) is 545 cm³/mol. The number of ether oxygens (including phenoxy) is 7. The average molecular weight is 1980 g/mol. The number of likely N-dealkylation sites (tertiary alicyclic amines) is 4. The fourth-order valence-corrected chi connectivity index (χ4v) is 20.8. The summed E-state index contributed by atoms with van der Waals surface area (Å²) < 4.78 is 66.6. The SMILES string of the molecule is CC(C)(C)OC(=O)N1CCCC1c1ncc(Br)[nH]1.CC(C)(C)OC(=O)N1CCC[C@H]1c1nc2c(ccc3c4c(ccc32)-c2ccc(B3OC(C)(C)C(C)(C)O3)cc2CO4)[nH]1.CC(C)(C)OC(=O)N1CCC[C@H]1c1nc2c(ccc3c4c(ccc32)-c2ccc(Cl)cc2CO4)[nH]1.COC(=O)N[C@H](C(=O)N1CCC[C@H]1c1nc2c(ccc3c4c(ccc32)-c2ccc(B3OC(C)(C)C(C)(C)O3)cc2CO4)[nH]1)C(C)C. The number of alkyl carbamates (subject to hydrolysis) is 1. The lowest BCUT2D eigenvalue weighted by Crippen LogP contribution is -2.51. The number of hydrogen-bond donors (Lipinski definition) is 5. The second-order valence-corrected chi connectivity index (χ2v) is 44.5. The van der Waals surface area contributed by atoms with Crippen molar-refractivity contribution in [3.05, 3.63) is 183 Å². The molecule has 1 unspecified atom stereocenters. The summed E-state index contributed by atoms with van der Waals surface area (Å²) in [6.07, 6.45) is 7.32. The lowest BCUT2D eigenvalue weighted by molar-refractivity contribution is -0.135. The molecule has 33 heteroatoms. The highest BCUT2D eigenvalue weighted by Crippen LogP contribution is 2.51. The molecule has 5 N–H and O–H groups in total. The Bertz CT molecular complexity index is 7040. The molecule has 5 atom stereocenters. The maximum absolute atomic E-state index is 13.6. The Morgan fingerprint density at radius 3 is 1.09 bits per heavy atom. The van der Waals surface area contributed by atoms with E-state index in [1.807, 2.05) is 105 Å². The minimum atomic E-state index is -0.683. The van der Waals surface area contributed by atoms with E-state index in [0.29, 0.717) is 44.5 Å². The van der Waals surface area contributed by atoms with Gasteiger partial charge in [-0.2, -0.15) is 0 Å². The number of carbonyl (C=O) groups excluding carboxylic acids is 5. The second-order valence-electron chi connectivity index (χ2n) is 43.2. The van der Waals surface area contributed by atoms with Gasteiger partial charge >= 0.3 is 38.6 Å². The number of rotatable bonds is 9. The van der Waals surface area contributed by atoms with E-state index >= 15 is 0 Å². The number of H-pyrrole nitrogens is 4. The van der Waals surface area contributed by atoms with Crippen molar-refractivity contribution in [2.75, 3.05) is 33.3 Å². The zero-order valence-corrected chi connectivity index (χ0v) is 85.6. The molecule has 9 aromatic carbocycles. The number of carbonyl (C=O) groups is 5. The molecule has 6 fully saturated rings. The molecule has 9 aliphatic heterocycles. The van der Waals surface area contributed by atoms with Crippen molar-refractivity contribution in [2.24, 2.45) is 5.92 Å². The topological polar surface area (TPSA) is 327 Å². The van der Waals surface area contributed by atoms with E-state index in [2.05, 4.69) is 205 Å². The number of nitrogens with zero attached hydrogens (tertiary/aromatic N) is 8. The third-order valence-corrected chi connectivity index (χ3v) is 29.3. The first kappa shape index (κ1) is 96.9. The molecule has 4 aromatic heterocycles. The number of methoxy groups -OCH3 is 1.